The van der Waals surface area contributed by atoms with Crippen molar-refractivity contribution in [1.29, 1.82) is 0 Å². The Bertz CT molecular complexity index is 503. The fraction of sp³-hybridized carbons (Fsp3) is 0.500. The molecule has 96 valence electrons. The molecule has 4 heteroatoms. The molecule has 2 heterocycles. The zero-order valence-electron chi connectivity index (χ0n) is 10.3. The number of fused-ring (bicyclic) bond motifs is 2. The molecule has 1 N–H and O–H groups in total. The minimum atomic E-state index is -0.587. The summed E-state index contributed by atoms with van der Waals surface area (Å²) >= 11 is 0. The van der Waals surface area contributed by atoms with Crippen LogP contribution in [-0.4, -0.2) is 18.6 Å². The minimum absolute atomic E-state index is 0.0793. The average Bonchev–Trinajstić information content (AvgIpc) is 2.65. The summed E-state index contributed by atoms with van der Waals surface area (Å²) in [6.07, 6.45) is 2.23. The molecular weight excluding hydrogens is 233 g/mol. The monoisotopic (exact) mass is 249 g/mol. The van der Waals surface area contributed by atoms with E-state index in [9.17, 15) is 9.18 Å². The maximum atomic E-state index is 13.7. The van der Waals surface area contributed by atoms with E-state index in [1.165, 1.54) is 6.07 Å². The maximum Gasteiger partial charge on any atom is 0.235 e. The van der Waals surface area contributed by atoms with Gasteiger partial charge in [0, 0.05) is 6.61 Å². The number of anilines is 1. The van der Waals surface area contributed by atoms with Crippen LogP contribution in [0.1, 0.15) is 31.7 Å². The van der Waals surface area contributed by atoms with Gasteiger partial charge in [-0.2, -0.15) is 0 Å². The smallest absolute Gasteiger partial charge is 0.235 e. The lowest BCUT2D eigenvalue weighted by Gasteiger charge is -2.36. The third-order valence-corrected chi connectivity index (χ3v) is 4.12. The number of carbonyl (C=O) groups excluding carboxylic acids is 1. The molecule has 2 aliphatic heterocycles. The van der Waals surface area contributed by atoms with Crippen LogP contribution in [0.4, 0.5) is 10.1 Å². The topological polar surface area (TPSA) is 38.3 Å². The van der Waals surface area contributed by atoms with Gasteiger partial charge in [0.15, 0.2) is 0 Å². The van der Waals surface area contributed by atoms with Crippen LogP contribution >= 0.6 is 0 Å². The predicted molar refractivity (Wildman–Crippen MR) is 66.0 cm³/mol. The van der Waals surface area contributed by atoms with Gasteiger partial charge in [0.2, 0.25) is 5.91 Å². The summed E-state index contributed by atoms with van der Waals surface area (Å²) in [4.78, 5) is 12.3. The summed E-state index contributed by atoms with van der Waals surface area (Å²) in [5, 5.41) is 2.70. The van der Waals surface area contributed by atoms with Crippen molar-refractivity contribution in [2.24, 2.45) is 0 Å². The second-order valence-electron chi connectivity index (χ2n) is 5.05. The van der Waals surface area contributed by atoms with Crippen LogP contribution in [0, 0.1) is 5.82 Å². The Morgan fingerprint density at radius 2 is 2.39 bits per heavy atom. The number of benzene rings is 1. The molecule has 18 heavy (non-hydrogen) atoms. The first-order chi connectivity index (χ1) is 8.67. The van der Waals surface area contributed by atoms with E-state index in [1.54, 1.807) is 6.07 Å². The molecule has 3 rings (SSSR count). The molecule has 3 nitrogen and oxygen atoms in total. The zero-order chi connectivity index (χ0) is 12.8. The fourth-order valence-corrected chi connectivity index (χ4v) is 3.07. The normalized spacial score (nSPS) is 30.3. The first kappa shape index (κ1) is 11.7. The number of halogens is 1. The maximum absolute atomic E-state index is 13.7. The molecule has 0 radical (unpaired) electrons. The highest BCUT2D eigenvalue weighted by atomic mass is 19.1. The number of ether oxygens (including phenoxy) is 1. The van der Waals surface area contributed by atoms with Crippen LogP contribution in [0.5, 0.6) is 0 Å². The van der Waals surface area contributed by atoms with Crippen molar-refractivity contribution in [2.45, 2.75) is 37.7 Å². The molecule has 1 aromatic rings. The van der Waals surface area contributed by atoms with Crippen molar-refractivity contribution < 1.29 is 13.9 Å². The molecule has 1 aromatic carbocycles. The molecule has 0 aromatic heterocycles. The lowest BCUT2D eigenvalue weighted by atomic mass is 9.73. The molecule has 0 aliphatic carbocycles. The van der Waals surface area contributed by atoms with E-state index >= 15 is 0 Å². The van der Waals surface area contributed by atoms with E-state index in [0.29, 0.717) is 25.1 Å². The van der Waals surface area contributed by atoms with Gasteiger partial charge in [-0.15, -0.1) is 0 Å². The number of para-hydroxylation sites is 1. The van der Waals surface area contributed by atoms with Crippen molar-refractivity contribution in [3.8, 4) is 0 Å². The zero-order valence-corrected chi connectivity index (χ0v) is 10.3. The third-order valence-electron chi connectivity index (χ3n) is 4.12. The molecule has 1 amide bonds. The van der Waals surface area contributed by atoms with Gasteiger partial charge in [-0.05, 0) is 30.9 Å². The Kier molecular flexibility index (Phi) is 2.63. The van der Waals surface area contributed by atoms with Gasteiger partial charge in [0.05, 0.1) is 17.2 Å². The molecule has 0 saturated carbocycles. The highest BCUT2D eigenvalue weighted by Crippen LogP contribution is 2.47. The van der Waals surface area contributed by atoms with Crippen molar-refractivity contribution in [2.75, 3.05) is 11.9 Å². The van der Waals surface area contributed by atoms with E-state index in [0.717, 1.165) is 12.0 Å². The number of nitrogens with one attached hydrogen (secondary N) is 1. The molecule has 2 aliphatic rings. The number of hydrogen-bond acceptors (Lipinski definition) is 2. The third kappa shape index (κ3) is 1.48. The van der Waals surface area contributed by atoms with Gasteiger partial charge in [-0.1, -0.05) is 19.1 Å². The van der Waals surface area contributed by atoms with Crippen LogP contribution in [0.3, 0.4) is 0 Å². The quantitative estimate of drug-likeness (QED) is 0.830. The van der Waals surface area contributed by atoms with Gasteiger partial charge < -0.3 is 10.1 Å². The van der Waals surface area contributed by atoms with E-state index in [-0.39, 0.29) is 17.8 Å². The highest BCUT2D eigenvalue weighted by molar-refractivity contribution is 6.06. The average molecular weight is 249 g/mol. The van der Waals surface area contributed by atoms with Crippen LogP contribution in [-0.2, 0) is 14.9 Å². The molecule has 1 fully saturated rings. The predicted octanol–water partition coefficient (Wildman–Crippen LogP) is 2.60. The van der Waals surface area contributed by atoms with E-state index in [2.05, 4.69) is 5.32 Å². The van der Waals surface area contributed by atoms with Gasteiger partial charge in [0.1, 0.15) is 5.82 Å². The Labute approximate surface area is 105 Å². The van der Waals surface area contributed by atoms with E-state index in [1.807, 2.05) is 13.0 Å². The Morgan fingerprint density at radius 3 is 3.17 bits per heavy atom. The first-order valence-electron chi connectivity index (χ1n) is 6.39. The number of amides is 1. The Hall–Kier alpha value is -1.42. The molecule has 1 spiro atoms. The van der Waals surface area contributed by atoms with Crippen LogP contribution < -0.4 is 5.32 Å². The SMILES string of the molecule is CCC1CC2(CCO1)C(=O)Nc1c(F)cccc12. The summed E-state index contributed by atoms with van der Waals surface area (Å²) < 4.78 is 19.4. The number of hydrogen-bond donors (Lipinski definition) is 1. The van der Waals surface area contributed by atoms with Gasteiger partial charge in [-0.3, -0.25) is 4.79 Å². The standard InChI is InChI=1S/C14H16FNO2/c1-2-9-8-14(6-7-18-9)10-4-3-5-11(15)12(10)16-13(14)17/h3-5,9H,2,6-8H2,1H3,(H,16,17). The molecule has 2 atom stereocenters. The van der Waals surface area contributed by atoms with Crippen LogP contribution in [0.25, 0.3) is 0 Å². The lowest BCUT2D eigenvalue weighted by molar-refractivity contribution is -0.126. The Morgan fingerprint density at radius 1 is 1.56 bits per heavy atom. The molecule has 1 saturated heterocycles. The number of rotatable bonds is 1. The van der Waals surface area contributed by atoms with Gasteiger partial charge >= 0.3 is 0 Å². The Balaban J connectivity index is 2.07. The van der Waals surface area contributed by atoms with Crippen LogP contribution in [0.15, 0.2) is 18.2 Å². The summed E-state index contributed by atoms with van der Waals surface area (Å²) in [5.74, 6) is -0.429. The minimum Gasteiger partial charge on any atom is -0.378 e. The second kappa shape index (κ2) is 4.05. The summed E-state index contributed by atoms with van der Waals surface area (Å²) in [6.45, 7) is 2.60. The van der Waals surface area contributed by atoms with Crippen molar-refractivity contribution in [3.05, 3.63) is 29.6 Å². The molecule has 0 bridgehead atoms. The first-order valence-corrected chi connectivity index (χ1v) is 6.39. The van der Waals surface area contributed by atoms with Crippen molar-refractivity contribution >= 4 is 11.6 Å². The van der Waals surface area contributed by atoms with E-state index in [4.69, 9.17) is 4.74 Å². The lowest BCUT2D eigenvalue weighted by Crippen LogP contribution is -2.43. The van der Waals surface area contributed by atoms with E-state index < -0.39 is 5.41 Å². The summed E-state index contributed by atoms with van der Waals surface area (Å²) in [5.41, 5.74) is 0.574. The molecular formula is C14H16FNO2. The molecule has 2 unspecified atom stereocenters. The van der Waals surface area contributed by atoms with Crippen molar-refractivity contribution in [1.82, 2.24) is 0 Å². The van der Waals surface area contributed by atoms with Gasteiger partial charge in [-0.25, -0.2) is 4.39 Å². The second-order valence-corrected chi connectivity index (χ2v) is 5.05. The van der Waals surface area contributed by atoms with Crippen molar-refractivity contribution in [3.63, 3.8) is 0 Å². The largest absolute Gasteiger partial charge is 0.378 e. The van der Waals surface area contributed by atoms with Crippen LogP contribution in [0.2, 0.25) is 0 Å². The summed E-state index contributed by atoms with van der Waals surface area (Å²) in [6, 6.07) is 4.91. The highest BCUT2D eigenvalue weighted by Gasteiger charge is 2.50. The summed E-state index contributed by atoms with van der Waals surface area (Å²) in [7, 11) is 0. The van der Waals surface area contributed by atoms with Gasteiger partial charge in [0.25, 0.3) is 0 Å². The fourth-order valence-electron chi connectivity index (χ4n) is 3.07. The number of carbonyl (C=O) groups is 1.